The maximum absolute atomic E-state index is 13.1. The Bertz CT molecular complexity index is 1120. The van der Waals surface area contributed by atoms with Crippen molar-refractivity contribution in [2.75, 3.05) is 13.7 Å². The van der Waals surface area contributed by atoms with E-state index >= 15 is 0 Å². The van der Waals surface area contributed by atoms with Crippen molar-refractivity contribution in [1.29, 1.82) is 0 Å². The van der Waals surface area contributed by atoms with Gasteiger partial charge >= 0.3 is 0 Å². The second kappa shape index (κ2) is 9.17. The standard InChI is InChI=1S/C25H30N2O5S/c1-25(24(29)26-33(30,31)22-14-12-21(32-2)13-15-22)16-17-27(25)23(28)20-10-8-19(9-11-20)18-6-4-3-5-7-18/h8-15,18H,3-7,16-17H2,1-2H3,(H,26,29). The number of hydrogen-bond donors (Lipinski definition) is 1. The number of amides is 2. The van der Waals surface area contributed by atoms with Gasteiger partial charge in [-0.3, -0.25) is 9.59 Å². The number of hydrogen-bond acceptors (Lipinski definition) is 5. The van der Waals surface area contributed by atoms with Crippen LogP contribution in [0.2, 0.25) is 0 Å². The Morgan fingerprint density at radius 3 is 2.18 bits per heavy atom. The molecule has 1 N–H and O–H groups in total. The minimum absolute atomic E-state index is 0.0456. The third-order valence-corrected chi connectivity index (χ3v) is 8.33. The summed E-state index contributed by atoms with van der Waals surface area (Å²) in [6.07, 6.45) is 6.53. The van der Waals surface area contributed by atoms with Crippen molar-refractivity contribution in [3.8, 4) is 5.75 Å². The Labute approximate surface area is 195 Å². The zero-order chi connectivity index (χ0) is 23.6. The minimum atomic E-state index is -4.07. The molecule has 2 aromatic carbocycles. The highest BCUT2D eigenvalue weighted by Crippen LogP contribution is 2.35. The van der Waals surface area contributed by atoms with Gasteiger partial charge in [0.05, 0.1) is 12.0 Å². The van der Waals surface area contributed by atoms with Gasteiger partial charge in [0.25, 0.3) is 21.8 Å². The second-order valence-corrected chi connectivity index (χ2v) is 10.7. The predicted molar refractivity (Wildman–Crippen MR) is 125 cm³/mol. The van der Waals surface area contributed by atoms with E-state index in [1.54, 1.807) is 6.92 Å². The molecule has 2 aromatic rings. The summed E-state index contributed by atoms with van der Waals surface area (Å²) < 4.78 is 32.6. The molecule has 33 heavy (non-hydrogen) atoms. The summed E-state index contributed by atoms with van der Waals surface area (Å²) in [5.41, 5.74) is 0.533. The fraction of sp³-hybridized carbons (Fsp3) is 0.440. The molecule has 0 aromatic heterocycles. The zero-order valence-electron chi connectivity index (χ0n) is 19.0. The topological polar surface area (TPSA) is 92.8 Å². The highest BCUT2D eigenvalue weighted by Gasteiger charge is 2.50. The largest absolute Gasteiger partial charge is 0.497 e. The molecule has 0 bridgehead atoms. The summed E-state index contributed by atoms with van der Waals surface area (Å²) in [4.78, 5) is 27.5. The number of benzene rings is 2. The van der Waals surface area contributed by atoms with Crippen molar-refractivity contribution in [3.63, 3.8) is 0 Å². The number of nitrogens with zero attached hydrogens (tertiary/aromatic N) is 1. The van der Waals surface area contributed by atoms with Gasteiger partial charge in [0.1, 0.15) is 11.3 Å². The van der Waals surface area contributed by atoms with Gasteiger partial charge in [-0.2, -0.15) is 0 Å². The Kier molecular flexibility index (Phi) is 6.47. The molecular weight excluding hydrogens is 440 g/mol. The molecule has 2 fully saturated rings. The van der Waals surface area contributed by atoms with Crippen LogP contribution in [0.1, 0.15) is 67.3 Å². The van der Waals surface area contributed by atoms with Crippen LogP contribution in [-0.2, 0) is 14.8 Å². The van der Waals surface area contributed by atoms with E-state index in [0.29, 0.717) is 30.2 Å². The molecule has 7 nitrogen and oxygen atoms in total. The first-order valence-corrected chi connectivity index (χ1v) is 12.9. The van der Waals surface area contributed by atoms with Crippen molar-refractivity contribution in [3.05, 3.63) is 59.7 Å². The van der Waals surface area contributed by atoms with E-state index in [9.17, 15) is 18.0 Å². The fourth-order valence-electron chi connectivity index (χ4n) is 4.66. The van der Waals surface area contributed by atoms with Crippen LogP contribution in [0.25, 0.3) is 0 Å². The first kappa shape index (κ1) is 23.3. The molecule has 1 aliphatic carbocycles. The van der Waals surface area contributed by atoms with Crippen molar-refractivity contribution in [2.45, 2.75) is 61.8 Å². The van der Waals surface area contributed by atoms with Gasteiger partial charge in [-0.15, -0.1) is 0 Å². The van der Waals surface area contributed by atoms with Crippen LogP contribution >= 0.6 is 0 Å². The maximum atomic E-state index is 13.1. The van der Waals surface area contributed by atoms with Gasteiger partial charge in [-0.1, -0.05) is 31.4 Å². The summed E-state index contributed by atoms with van der Waals surface area (Å²) in [6.45, 7) is 2.00. The van der Waals surface area contributed by atoms with E-state index in [2.05, 4.69) is 4.72 Å². The van der Waals surface area contributed by atoms with Crippen LogP contribution in [0.15, 0.2) is 53.4 Å². The van der Waals surface area contributed by atoms with Gasteiger partial charge in [0, 0.05) is 12.1 Å². The third-order valence-electron chi connectivity index (χ3n) is 6.98. The van der Waals surface area contributed by atoms with E-state index in [1.165, 1.54) is 73.9 Å². The van der Waals surface area contributed by atoms with Gasteiger partial charge in [-0.05, 0) is 74.1 Å². The van der Waals surface area contributed by atoms with Gasteiger partial charge in [0.2, 0.25) is 0 Å². The molecule has 1 unspecified atom stereocenters. The number of methoxy groups -OCH3 is 1. The fourth-order valence-corrected chi connectivity index (χ4v) is 5.73. The van der Waals surface area contributed by atoms with Crippen LogP contribution in [0.5, 0.6) is 5.75 Å². The smallest absolute Gasteiger partial charge is 0.264 e. The molecule has 1 saturated heterocycles. The lowest BCUT2D eigenvalue weighted by molar-refractivity contribution is -0.135. The summed E-state index contributed by atoms with van der Waals surface area (Å²) in [6, 6.07) is 13.4. The molecule has 0 spiro atoms. The lowest BCUT2D eigenvalue weighted by atomic mass is 9.83. The van der Waals surface area contributed by atoms with Crippen LogP contribution in [0.4, 0.5) is 0 Å². The third kappa shape index (κ3) is 4.62. The van der Waals surface area contributed by atoms with Crippen LogP contribution in [-0.4, -0.2) is 44.3 Å². The average Bonchev–Trinajstić information content (AvgIpc) is 2.83. The van der Waals surface area contributed by atoms with E-state index in [4.69, 9.17) is 4.74 Å². The van der Waals surface area contributed by atoms with E-state index in [0.717, 1.165) is 0 Å². The molecule has 8 heteroatoms. The predicted octanol–water partition coefficient (Wildman–Crippen LogP) is 3.85. The zero-order valence-corrected chi connectivity index (χ0v) is 19.9. The normalized spacial score (nSPS) is 21.2. The first-order chi connectivity index (χ1) is 15.7. The quantitative estimate of drug-likeness (QED) is 0.692. The Balaban J connectivity index is 1.45. The van der Waals surface area contributed by atoms with Crippen LogP contribution < -0.4 is 9.46 Å². The molecule has 1 heterocycles. The Hall–Kier alpha value is -2.87. The minimum Gasteiger partial charge on any atom is -0.497 e. The molecule has 2 amide bonds. The SMILES string of the molecule is COc1ccc(S(=O)(=O)NC(=O)C2(C)CCN2C(=O)c2ccc(C3CCCCC3)cc2)cc1. The van der Waals surface area contributed by atoms with Gasteiger partial charge < -0.3 is 9.64 Å². The molecule has 0 radical (unpaired) electrons. The molecule has 1 aliphatic heterocycles. The highest BCUT2D eigenvalue weighted by molar-refractivity contribution is 7.90. The number of sulfonamides is 1. The molecule has 4 rings (SSSR count). The van der Waals surface area contributed by atoms with Crippen molar-refractivity contribution in [1.82, 2.24) is 9.62 Å². The number of carbonyl (C=O) groups excluding carboxylic acids is 2. The lowest BCUT2D eigenvalue weighted by Crippen LogP contribution is -2.67. The summed E-state index contributed by atoms with van der Waals surface area (Å²) in [5.74, 6) is 0.0799. The van der Waals surface area contributed by atoms with E-state index < -0.39 is 21.5 Å². The number of rotatable bonds is 6. The number of ether oxygens (including phenoxy) is 1. The summed E-state index contributed by atoms with van der Waals surface area (Å²) in [5, 5.41) is 0. The van der Waals surface area contributed by atoms with Crippen LogP contribution in [0.3, 0.4) is 0 Å². The number of nitrogens with one attached hydrogen (secondary N) is 1. The van der Waals surface area contributed by atoms with Crippen molar-refractivity contribution in [2.24, 2.45) is 0 Å². The number of likely N-dealkylation sites (tertiary alicyclic amines) is 1. The molecular formula is C25H30N2O5S. The molecule has 1 saturated carbocycles. The monoisotopic (exact) mass is 470 g/mol. The summed E-state index contributed by atoms with van der Waals surface area (Å²) in [7, 11) is -2.58. The average molecular weight is 471 g/mol. The number of carbonyl (C=O) groups is 2. The van der Waals surface area contributed by atoms with Crippen LogP contribution in [0, 0.1) is 0 Å². The first-order valence-electron chi connectivity index (χ1n) is 11.4. The maximum Gasteiger partial charge on any atom is 0.264 e. The van der Waals surface area contributed by atoms with Gasteiger partial charge in [0.15, 0.2) is 0 Å². The Morgan fingerprint density at radius 1 is 1.00 bits per heavy atom. The Morgan fingerprint density at radius 2 is 1.64 bits per heavy atom. The van der Waals surface area contributed by atoms with E-state index in [1.807, 2.05) is 24.3 Å². The second-order valence-electron chi connectivity index (χ2n) is 9.05. The van der Waals surface area contributed by atoms with Crippen molar-refractivity contribution >= 4 is 21.8 Å². The van der Waals surface area contributed by atoms with Crippen molar-refractivity contribution < 1.29 is 22.7 Å². The molecule has 1 atom stereocenters. The molecule has 176 valence electrons. The highest BCUT2D eigenvalue weighted by atomic mass is 32.2. The van der Waals surface area contributed by atoms with E-state index in [-0.39, 0.29) is 10.8 Å². The lowest BCUT2D eigenvalue weighted by Gasteiger charge is -2.48. The molecule has 2 aliphatic rings. The summed E-state index contributed by atoms with van der Waals surface area (Å²) >= 11 is 0. The van der Waals surface area contributed by atoms with Gasteiger partial charge in [-0.25, -0.2) is 13.1 Å².